The summed E-state index contributed by atoms with van der Waals surface area (Å²) < 4.78 is 19.9. The first-order valence-electron chi connectivity index (χ1n) is 15.5. The van der Waals surface area contributed by atoms with Gasteiger partial charge in [-0.25, -0.2) is 14.5 Å². The van der Waals surface area contributed by atoms with Crippen molar-refractivity contribution in [2.45, 2.75) is 39.8 Å². The third kappa shape index (κ3) is 6.52. The quantitative estimate of drug-likeness (QED) is 0.109. The van der Waals surface area contributed by atoms with E-state index in [2.05, 4.69) is 4.99 Å². The number of allylic oxidation sites excluding steroid dienone is 1. The minimum atomic E-state index is -0.809. The molecule has 2 aromatic heterocycles. The maximum absolute atomic E-state index is 14.4. The Balaban J connectivity index is 1.56. The lowest BCUT2D eigenvalue weighted by Crippen LogP contribution is -2.40. The monoisotopic (exact) mass is 679 g/mol. The number of ether oxygens (including phenoxy) is 3. The molecule has 13 heteroatoms. The van der Waals surface area contributed by atoms with E-state index in [9.17, 15) is 19.7 Å². The second-order valence-electron chi connectivity index (χ2n) is 11.4. The zero-order valence-electron chi connectivity index (χ0n) is 27.4. The largest absolute Gasteiger partial charge is 0.497 e. The van der Waals surface area contributed by atoms with Crippen LogP contribution in [-0.2, 0) is 9.53 Å². The Morgan fingerprint density at radius 2 is 1.84 bits per heavy atom. The molecule has 0 saturated heterocycles. The van der Waals surface area contributed by atoms with E-state index < -0.39 is 16.9 Å². The van der Waals surface area contributed by atoms with Crippen LogP contribution in [0.25, 0.3) is 23.0 Å². The topological polar surface area (TPSA) is 140 Å². The Hall–Kier alpha value is -5.82. The molecule has 250 valence electrons. The van der Waals surface area contributed by atoms with Crippen molar-refractivity contribution in [2.75, 3.05) is 13.7 Å². The Kier molecular flexibility index (Phi) is 9.27. The van der Waals surface area contributed by atoms with Crippen LogP contribution in [0.4, 0.5) is 5.69 Å². The first kappa shape index (κ1) is 33.1. The van der Waals surface area contributed by atoms with Gasteiger partial charge in [0, 0.05) is 23.4 Å². The standard InChI is InChI=1S/C36H33N5O7S/c1-6-47-29-17-14-24(18-28(29)41(44)45)32-25(20-39(38-32)26-10-8-7-9-11-26)19-30-34(42)40-33(23-12-15-27(46-5)16-13-23)31(35(43)48-21(2)3)22(4)37-36(40)49-30/h7-21,33H,6H2,1-5H3/b30-19-. The zero-order chi connectivity index (χ0) is 34.8. The normalized spacial score (nSPS) is 14.4. The van der Waals surface area contributed by atoms with Gasteiger partial charge < -0.3 is 14.2 Å². The third-order valence-corrected chi connectivity index (χ3v) is 8.78. The molecule has 0 saturated carbocycles. The summed E-state index contributed by atoms with van der Waals surface area (Å²) in [6.07, 6.45) is 3.08. The molecule has 1 aliphatic rings. The van der Waals surface area contributed by atoms with Gasteiger partial charge in [-0.1, -0.05) is 41.7 Å². The number of methoxy groups -OCH3 is 1. The molecule has 49 heavy (non-hydrogen) atoms. The number of para-hydroxylation sites is 1. The summed E-state index contributed by atoms with van der Waals surface area (Å²) in [5, 5.41) is 16.8. The number of rotatable bonds is 10. The maximum Gasteiger partial charge on any atom is 0.338 e. The highest BCUT2D eigenvalue weighted by Gasteiger charge is 2.34. The highest BCUT2D eigenvalue weighted by molar-refractivity contribution is 7.07. The van der Waals surface area contributed by atoms with Crippen LogP contribution in [-0.4, -0.2) is 45.1 Å². The van der Waals surface area contributed by atoms with E-state index in [-0.39, 0.29) is 35.3 Å². The number of carbonyl (C=O) groups is 1. The maximum atomic E-state index is 14.4. The summed E-state index contributed by atoms with van der Waals surface area (Å²) in [5.74, 6) is 0.213. The van der Waals surface area contributed by atoms with Gasteiger partial charge in [0.15, 0.2) is 10.6 Å². The summed E-state index contributed by atoms with van der Waals surface area (Å²) >= 11 is 1.17. The third-order valence-electron chi connectivity index (χ3n) is 7.79. The lowest BCUT2D eigenvalue weighted by Gasteiger charge is -2.25. The molecule has 6 rings (SSSR count). The first-order chi connectivity index (χ1) is 23.6. The van der Waals surface area contributed by atoms with E-state index in [1.54, 1.807) is 76.0 Å². The summed E-state index contributed by atoms with van der Waals surface area (Å²) in [7, 11) is 1.56. The average molecular weight is 680 g/mol. The molecule has 5 aromatic rings. The highest BCUT2D eigenvalue weighted by Crippen LogP contribution is 2.35. The molecule has 1 unspecified atom stereocenters. The Bertz CT molecular complexity index is 2270. The van der Waals surface area contributed by atoms with Crippen LogP contribution >= 0.6 is 11.3 Å². The van der Waals surface area contributed by atoms with E-state index in [1.165, 1.54) is 22.0 Å². The van der Waals surface area contributed by atoms with Crippen molar-refractivity contribution in [1.82, 2.24) is 14.3 Å². The van der Waals surface area contributed by atoms with Gasteiger partial charge in [-0.3, -0.25) is 19.5 Å². The molecule has 0 bridgehead atoms. The van der Waals surface area contributed by atoms with Crippen LogP contribution in [0, 0.1) is 10.1 Å². The lowest BCUT2D eigenvalue weighted by atomic mass is 9.96. The molecular formula is C36H33N5O7S. The molecular weight excluding hydrogens is 646 g/mol. The first-order valence-corrected chi connectivity index (χ1v) is 16.4. The Morgan fingerprint density at radius 3 is 2.49 bits per heavy atom. The Labute approximate surface area is 285 Å². The van der Waals surface area contributed by atoms with E-state index in [1.807, 2.05) is 42.5 Å². The van der Waals surface area contributed by atoms with Crippen molar-refractivity contribution in [2.24, 2.45) is 4.99 Å². The number of hydrogen-bond donors (Lipinski definition) is 0. The van der Waals surface area contributed by atoms with Gasteiger partial charge in [-0.05, 0) is 75.7 Å². The number of nitro groups is 1. The van der Waals surface area contributed by atoms with E-state index in [0.29, 0.717) is 43.2 Å². The minimum absolute atomic E-state index is 0.148. The van der Waals surface area contributed by atoms with Gasteiger partial charge in [0.2, 0.25) is 0 Å². The highest BCUT2D eigenvalue weighted by atomic mass is 32.1. The fourth-order valence-electron chi connectivity index (χ4n) is 5.62. The van der Waals surface area contributed by atoms with E-state index in [0.717, 1.165) is 5.69 Å². The summed E-state index contributed by atoms with van der Waals surface area (Å²) in [4.78, 5) is 44.4. The van der Waals surface area contributed by atoms with Crippen molar-refractivity contribution in [1.29, 1.82) is 0 Å². The molecule has 0 spiro atoms. The molecule has 0 radical (unpaired) electrons. The molecule has 0 fully saturated rings. The second kappa shape index (κ2) is 13.7. The van der Waals surface area contributed by atoms with Gasteiger partial charge in [0.1, 0.15) is 11.4 Å². The van der Waals surface area contributed by atoms with Crippen LogP contribution in [0.5, 0.6) is 11.5 Å². The molecule has 1 aliphatic heterocycles. The van der Waals surface area contributed by atoms with Crippen LogP contribution < -0.4 is 24.4 Å². The van der Waals surface area contributed by atoms with Crippen LogP contribution in [0.3, 0.4) is 0 Å². The van der Waals surface area contributed by atoms with E-state index in [4.69, 9.17) is 19.3 Å². The number of fused-ring (bicyclic) bond motifs is 1. The fraction of sp³-hybridized carbons (Fsp3) is 0.222. The fourth-order valence-corrected chi connectivity index (χ4v) is 6.66. The lowest BCUT2D eigenvalue weighted by molar-refractivity contribution is -0.385. The summed E-state index contributed by atoms with van der Waals surface area (Å²) in [6, 6.07) is 20.4. The van der Waals surface area contributed by atoms with Crippen molar-refractivity contribution in [3.05, 3.63) is 131 Å². The molecule has 0 N–H and O–H groups in total. The van der Waals surface area contributed by atoms with Gasteiger partial charge in [-0.2, -0.15) is 5.10 Å². The van der Waals surface area contributed by atoms with Gasteiger partial charge in [0.25, 0.3) is 5.56 Å². The number of esters is 1. The average Bonchev–Trinajstić information content (AvgIpc) is 3.64. The molecule has 0 amide bonds. The van der Waals surface area contributed by atoms with Crippen LogP contribution in [0.2, 0.25) is 0 Å². The molecule has 3 heterocycles. The van der Waals surface area contributed by atoms with Crippen molar-refractivity contribution >= 4 is 29.1 Å². The SMILES string of the molecule is CCOc1ccc(-c2nn(-c3ccccc3)cc2/C=c2\sc3n(c2=O)C(c2ccc(OC)cc2)C(C(=O)OC(C)C)=C(C)N=3)cc1[N+](=O)[O-]. The smallest absolute Gasteiger partial charge is 0.338 e. The van der Waals surface area contributed by atoms with Gasteiger partial charge >= 0.3 is 11.7 Å². The van der Waals surface area contributed by atoms with Crippen LogP contribution in [0.15, 0.2) is 100 Å². The molecule has 12 nitrogen and oxygen atoms in total. The van der Waals surface area contributed by atoms with Crippen molar-refractivity contribution < 1.29 is 23.9 Å². The number of aromatic nitrogens is 3. The molecule has 1 atom stereocenters. The van der Waals surface area contributed by atoms with Crippen LogP contribution in [0.1, 0.15) is 44.9 Å². The number of hydrogen-bond acceptors (Lipinski definition) is 10. The van der Waals surface area contributed by atoms with E-state index >= 15 is 0 Å². The Morgan fingerprint density at radius 1 is 1.10 bits per heavy atom. The molecule has 3 aromatic carbocycles. The number of carbonyl (C=O) groups excluding carboxylic acids is 1. The zero-order valence-corrected chi connectivity index (χ0v) is 28.3. The number of nitrogens with zero attached hydrogens (tertiary/aromatic N) is 5. The number of thiazole rings is 1. The predicted octanol–water partition coefficient (Wildman–Crippen LogP) is 5.36. The van der Waals surface area contributed by atoms with Crippen molar-refractivity contribution in [3.8, 4) is 28.4 Å². The minimum Gasteiger partial charge on any atom is -0.497 e. The predicted molar refractivity (Wildman–Crippen MR) is 185 cm³/mol. The summed E-state index contributed by atoms with van der Waals surface area (Å²) in [5.41, 5.74) is 3.00. The van der Waals surface area contributed by atoms with Gasteiger partial charge in [-0.15, -0.1) is 0 Å². The summed E-state index contributed by atoms with van der Waals surface area (Å²) in [6.45, 7) is 7.27. The number of benzene rings is 3. The van der Waals surface area contributed by atoms with Crippen molar-refractivity contribution in [3.63, 3.8) is 0 Å². The molecule has 0 aliphatic carbocycles. The van der Waals surface area contributed by atoms with Gasteiger partial charge in [0.05, 0.1) is 52.3 Å². The number of nitro benzene ring substituents is 1. The second-order valence-corrected chi connectivity index (χ2v) is 12.4.